The lowest BCUT2D eigenvalue weighted by Gasteiger charge is -2.18. The van der Waals surface area contributed by atoms with Crippen molar-refractivity contribution in [2.45, 2.75) is 6.54 Å². The molecule has 1 aliphatic heterocycles. The number of amides is 1. The topological polar surface area (TPSA) is 82.8 Å². The van der Waals surface area contributed by atoms with Gasteiger partial charge in [0, 0.05) is 17.2 Å². The van der Waals surface area contributed by atoms with Crippen LogP contribution in [0, 0.1) is 0 Å². The van der Waals surface area contributed by atoms with Gasteiger partial charge in [-0.1, -0.05) is 5.16 Å². The van der Waals surface area contributed by atoms with Gasteiger partial charge in [-0.15, -0.1) is 0 Å². The van der Waals surface area contributed by atoms with Crippen molar-refractivity contribution < 1.29 is 23.5 Å². The van der Waals surface area contributed by atoms with E-state index in [9.17, 15) is 4.79 Å². The van der Waals surface area contributed by atoms with Crippen LogP contribution in [0.1, 0.15) is 16.1 Å². The van der Waals surface area contributed by atoms with Crippen LogP contribution in [0.15, 0.2) is 53.1 Å². The first kappa shape index (κ1) is 17.0. The molecule has 2 aromatic carbocycles. The molecule has 1 amide bonds. The molecule has 0 saturated heterocycles. The third kappa shape index (κ3) is 3.72. The first-order valence-electron chi connectivity index (χ1n) is 8.51. The number of carbonyl (C=O) groups is 1. The van der Waals surface area contributed by atoms with Gasteiger partial charge in [-0.25, -0.2) is 0 Å². The summed E-state index contributed by atoms with van der Waals surface area (Å²) in [6.45, 7) is 1.33. The Kier molecular flexibility index (Phi) is 4.65. The van der Waals surface area contributed by atoms with Crippen LogP contribution in [0.5, 0.6) is 17.2 Å². The summed E-state index contributed by atoms with van der Waals surface area (Å²) in [7, 11) is 1.58. The molecule has 0 spiro atoms. The summed E-state index contributed by atoms with van der Waals surface area (Å²) in [5.41, 5.74) is 2.01. The average molecular weight is 366 g/mol. The molecule has 0 aliphatic carbocycles. The quantitative estimate of drug-likeness (QED) is 0.747. The second-order valence-electron chi connectivity index (χ2n) is 5.95. The molecular formula is C20H18N2O5. The standard InChI is InChI=1S/C20H18N2O5/c1-24-16-5-2-13(3-6-16)20(23)21-12-15-11-18(27-22-15)14-4-7-17-19(10-14)26-9-8-25-17/h2-7,10-11H,8-9,12H2,1H3,(H,21,23). The number of ether oxygens (including phenoxy) is 3. The van der Waals surface area contributed by atoms with E-state index < -0.39 is 0 Å². The van der Waals surface area contributed by atoms with Gasteiger partial charge in [0.2, 0.25) is 0 Å². The smallest absolute Gasteiger partial charge is 0.251 e. The lowest BCUT2D eigenvalue weighted by Crippen LogP contribution is -2.22. The number of hydrogen-bond donors (Lipinski definition) is 1. The number of benzene rings is 2. The summed E-state index contributed by atoms with van der Waals surface area (Å²) in [5, 5.41) is 6.84. The molecule has 0 unspecified atom stereocenters. The Bertz CT molecular complexity index is 949. The molecule has 2 heterocycles. The van der Waals surface area contributed by atoms with Crippen LogP contribution in [-0.2, 0) is 6.54 Å². The summed E-state index contributed by atoms with van der Waals surface area (Å²) in [6, 6.07) is 14.3. The van der Waals surface area contributed by atoms with E-state index in [1.54, 1.807) is 37.4 Å². The number of methoxy groups -OCH3 is 1. The van der Waals surface area contributed by atoms with Crippen LogP contribution in [0.25, 0.3) is 11.3 Å². The zero-order chi connectivity index (χ0) is 18.6. The molecule has 0 fully saturated rings. The maximum atomic E-state index is 12.2. The lowest BCUT2D eigenvalue weighted by molar-refractivity contribution is 0.0950. The fraction of sp³-hybridized carbons (Fsp3) is 0.200. The van der Waals surface area contributed by atoms with Crippen LogP contribution < -0.4 is 19.5 Å². The first-order chi connectivity index (χ1) is 13.2. The fourth-order valence-electron chi connectivity index (χ4n) is 2.74. The average Bonchev–Trinajstić information content (AvgIpc) is 3.21. The normalized spacial score (nSPS) is 12.5. The second-order valence-corrected chi connectivity index (χ2v) is 5.95. The number of hydrogen-bond acceptors (Lipinski definition) is 6. The Morgan fingerprint density at radius 2 is 1.85 bits per heavy atom. The van der Waals surface area contributed by atoms with Gasteiger partial charge in [-0.05, 0) is 42.5 Å². The van der Waals surface area contributed by atoms with E-state index in [-0.39, 0.29) is 12.5 Å². The van der Waals surface area contributed by atoms with E-state index >= 15 is 0 Å². The van der Waals surface area contributed by atoms with Crippen molar-refractivity contribution in [3.63, 3.8) is 0 Å². The Morgan fingerprint density at radius 3 is 2.63 bits per heavy atom. The van der Waals surface area contributed by atoms with Crippen molar-refractivity contribution in [1.82, 2.24) is 10.5 Å². The number of fused-ring (bicyclic) bond motifs is 1. The van der Waals surface area contributed by atoms with Crippen LogP contribution in [-0.4, -0.2) is 31.4 Å². The predicted molar refractivity (Wildman–Crippen MR) is 97.1 cm³/mol. The highest BCUT2D eigenvalue weighted by Gasteiger charge is 2.15. The molecule has 0 saturated carbocycles. The summed E-state index contributed by atoms with van der Waals surface area (Å²) < 4.78 is 21.6. The monoisotopic (exact) mass is 366 g/mol. The maximum absolute atomic E-state index is 12.2. The molecule has 1 aromatic heterocycles. The van der Waals surface area contributed by atoms with Crippen molar-refractivity contribution in [1.29, 1.82) is 0 Å². The van der Waals surface area contributed by atoms with Crippen LogP contribution in [0.2, 0.25) is 0 Å². The molecule has 7 heteroatoms. The third-order valence-electron chi connectivity index (χ3n) is 4.17. The molecule has 1 N–H and O–H groups in total. The summed E-state index contributed by atoms with van der Waals surface area (Å²) >= 11 is 0. The number of aromatic nitrogens is 1. The van der Waals surface area contributed by atoms with Gasteiger partial charge in [0.15, 0.2) is 17.3 Å². The molecule has 7 nitrogen and oxygen atoms in total. The highest BCUT2D eigenvalue weighted by molar-refractivity contribution is 5.94. The van der Waals surface area contributed by atoms with E-state index in [1.807, 2.05) is 18.2 Å². The molecule has 27 heavy (non-hydrogen) atoms. The largest absolute Gasteiger partial charge is 0.497 e. The maximum Gasteiger partial charge on any atom is 0.251 e. The van der Waals surface area contributed by atoms with Gasteiger partial charge < -0.3 is 24.1 Å². The van der Waals surface area contributed by atoms with Crippen molar-refractivity contribution >= 4 is 5.91 Å². The van der Waals surface area contributed by atoms with Crippen molar-refractivity contribution in [3.05, 3.63) is 59.8 Å². The summed E-state index contributed by atoms with van der Waals surface area (Å²) in [6.07, 6.45) is 0. The molecule has 0 bridgehead atoms. The fourth-order valence-corrected chi connectivity index (χ4v) is 2.74. The predicted octanol–water partition coefficient (Wildman–Crippen LogP) is 3.05. The van der Waals surface area contributed by atoms with Crippen LogP contribution in [0.4, 0.5) is 0 Å². The number of carbonyl (C=O) groups excluding carboxylic acids is 1. The lowest BCUT2D eigenvalue weighted by atomic mass is 10.1. The number of rotatable bonds is 5. The number of nitrogens with zero attached hydrogens (tertiary/aromatic N) is 1. The van der Waals surface area contributed by atoms with E-state index in [0.717, 1.165) is 11.3 Å². The Labute approximate surface area is 155 Å². The van der Waals surface area contributed by atoms with Gasteiger partial charge in [0.1, 0.15) is 24.7 Å². The van der Waals surface area contributed by atoms with Crippen molar-refractivity contribution in [2.75, 3.05) is 20.3 Å². The SMILES string of the molecule is COc1ccc(C(=O)NCc2cc(-c3ccc4c(c3)OCCO4)on2)cc1. The molecule has 1 aliphatic rings. The molecule has 0 radical (unpaired) electrons. The Morgan fingerprint density at radius 1 is 1.07 bits per heavy atom. The van der Waals surface area contributed by atoms with Gasteiger partial charge >= 0.3 is 0 Å². The summed E-state index contributed by atoms with van der Waals surface area (Å²) in [5.74, 6) is 2.51. The zero-order valence-corrected chi connectivity index (χ0v) is 14.7. The minimum Gasteiger partial charge on any atom is -0.497 e. The third-order valence-corrected chi connectivity index (χ3v) is 4.17. The van der Waals surface area contributed by atoms with E-state index in [0.29, 0.717) is 41.7 Å². The number of nitrogens with one attached hydrogen (secondary N) is 1. The molecule has 0 atom stereocenters. The van der Waals surface area contributed by atoms with Crippen LogP contribution >= 0.6 is 0 Å². The molecule has 138 valence electrons. The van der Waals surface area contributed by atoms with Gasteiger partial charge in [-0.3, -0.25) is 4.79 Å². The van der Waals surface area contributed by atoms with Crippen molar-refractivity contribution in [3.8, 4) is 28.6 Å². The highest BCUT2D eigenvalue weighted by Crippen LogP contribution is 2.34. The first-order valence-corrected chi connectivity index (χ1v) is 8.51. The van der Waals surface area contributed by atoms with E-state index in [1.165, 1.54) is 0 Å². The Hall–Kier alpha value is -3.48. The highest BCUT2D eigenvalue weighted by atomic mass is 16.6. The Balaban J connectivity index is 1.41. The van der Waals surface area contributed by atoms with Gasteiger partial charge in [-0.2, -0.15) is 0 Å². The summed E-state index contributed by atoms with van der Waals surface area (Å²) in [4.78, 5) is 12.2. The minimum atomic E-state index is -0.193. The molecule has 4 rings (SSSR count). The van der Waals surface area contributed by atoms with Crippen molar-refractivity contribution in [2.24, 2.45) is 0 Å². The minimum absolute atomic E-state index is 0.193. The van der Waals surface area contributed by atoms with E-state index in [4.69, 9.17) is 18.7 Å². The molecular weight excluding hydrogens is 348 g/mol. The molecule has 3 aromatic rings. The van der Waals surface area contributed by atoms with Gasteiger partial charge in [0.05, 0.1) is 13.7 Å². The van der Waals surface area contributed by atoms with Gasteiger partial charge in [0.25, 0.3) is 5.91 Å². The second kappa shape index (κ2) is 7.41. The van der Waals surface area contributed by atoms with Crippen LogP contribution in [0.3, 0.4) is 0 Å². The van der Waals surface area contributed by atoms with E-state index in [2.05, 4.69) is 10.5 Å². The zero-order valence-electron chi connectivity index (χ0n) is 14.7.